The van der Waals surface area contributed by atoms with E-state index < -0.39 is 5.97 Å². The molecule has 1 aromatic rings. The van der Waals surface area contributed by atoms with E-state index >= 15 is 0 Å². The molecule has 1 aliphatic heterocycles. The van der Waals surface area contributed by atoms with E-state index in [0.717, 1.165) is 18.8 Å². The number of nitrogens with zero attached hydrogens (tertiary/aromatic N) is 1. The molecule has 1 unspecified atom stereocenters. The first-order valence-corrected chi connectivity index (χ1v) is 8.44. The zero-order valence-corrected chi connectivity index (χ0v) is 14.0. The Labute approximate surface area is 141 Å². The Bertz CT molecular complexity index is 612. The van der Waals surface area contributed by atoms with E-state index in [1.165, 1.54) is 12.8 Å². The van der Waals surface area contributed by atoms with Crippen LogP contribution in [0, 0.1) is 5.92 Å². The zero-order chi connectivity index (χ0) is 17.2. The van der Waals surface area contributed by atoms with Crippen molar-refractivity contribution in [2.45, 2.75) is 31.7 Å². The molecule has 0 radical (unpaired) electrons. The summed E-state index contributed by atoms with van der Waals surface area (Å²) in [5, 5.41) is 11.8. The summed E-state index contributed by atoms with van der Waals surface area (Å²) in [6.07, 6.45) is 3.25. The fraction of sp³-hybridized carbons (Fsp3) is 0.556. The molecule has 130 valence electrons. The van der Waals surface area contributed by atoms with Crippen molar-refractivity contribution in [3.63, 3.8) is 0 Å². The van der Waals surface area contributed by atoms with E-state index in [0.29, 0.717) is 24.6 Å². The van der Waals surface area contributed by atoms with Crippen LogP contribution < -0.4 is 10.1 Å². The topological polar surface area (TPSA) is 78.9 Å². The molecule has 0 spiro atoms. The number of likely N-dealkylation sites (tertiary alicyclic amines) is 1. The van der Waals surface area contributed by atoms with Crippen molar-refractivity contribution in [3.05, 3.63) is 29.8 Å². The summed E-state index contributed by atoms with van der Waals surface area (Å²) in [5.74, 6) is 0.590. The average Bonchev–Trinajstić information content (AvgIpc) is 3.32. The molecule has 6 nitrogen and oxygen atoms in total. The summed E-state index contributed by atoms with van der Waals surface area (Å²) < 4.78 is 5.69. The van der Waals surface area contributed by atoms with Crippen molar-refractivity contribution >= 4 is 11.9 Å². The Morgan fingerprint density at radius 3 is 2.67 bits per heavy atom. The molecular formula is C18H24N2O4. The second kappa shape index (κ2) is 6.81. The number of amides is 1. The SMILES string of the molecule is CC1(NCC(=O)O)CCN(C(=O)c2ccc(OCC3CC3)cc2)C1. The molecule has 1 atom stereocenters. The molecule has 1 heterocycles. The molecule has 24 heavy (non-hydrogen) atoms. The standard InChI is InChI=1S/C18H24N2O4/c1-18(19-10-16(21)22)8-9-20(12-18)17(23)14-4-6-15(7-5-14)24-11-13-2-3-13/h4-7,13,19H,2-3,8-12H2,1H3,(H,21,22). The predicted octanol–water partition coefficient (Wildman–Crippen LogP) is 1.75. The number of benzene rings is 1. The van der Waals surface area contributed by atoms with Gasteiger partial charge in [-0.1, -0.05) is 0 Å². The summed E-state index contributed by atoms with van der Waals surface area (Å²) in [7, 11) is 0. The van der Waals surface area contributed by atoms with Gasteiger partial charge in [-0.15, -0.1) is 0 Å². The first kappa shape index (κ1) is 16.8. The van der Waals surface area contributed by atoms with Gasteiger partial charge in [0.2, 0.25) is 0 Å². The minimum Gasteiger partial charge on any atom is -0.493 e. The van der Waals surface area contributed by atoms with Gasteiger partial charge in [0, 0.05) is 24.2 Å². The third-order valence-corrected chi connectivity index (χ3v) is 4.71. The number of ether oxygens (including phenoxy) is 1. The van der Waals surface area contributed by atoms with Crippen LogP contribution in [0.25, 0.3) is 0 Å². The van der Waals surface area contributed by atoms with Gasteiger partial charge in [-0.2, -0.15) is 0 Å². The van der Waals surface area contributed by atoms with Crippen LogP contribution in [0.1, 0.15) is 36.5 Å². The Morgan fingerprint density at radius 2 is 2.04 bits per heavy atom. The van der Waals surface area contributed by atoms with Crippen molar-refractivity contribution in [2.75, 3.05) is 26.2 Å². The smallest absolute Gasteiger partial charge is 0.317 e. The average molecular weight is 332 g/mol. The zero-order valence-electron chi connectivity index (χ0n) is 14.0. The van der Waals surface area contributed by atoms with E-state index in [1.807, 2.05) is 19.1 Å². The normalized spacial score (nSPS) is 23.3. The van der Waals surface area contributed by atoms with Gasteiger partial charge in [0.1, 0.15) is 5.75 Å². The van der Waals surface area contributed by atoms with E-state index in [2.05, 4.69) is 5.32 Å². The molecule has 2 aliphatic rings. The molecule has 1 aromatic carbocycles. The highest BCUT2D eigenvalue weighted by Gasteiger charge is 2.36. The molecule has 1 saturated carbocycles. The molecule has 6 heteroatoms. The summed E-state index contributed by atoms with van der Waals surface area (Å²) in [4.78, 5) is 25.1. The highest BCUT2D eigenvalue weighted by atomic mass is 16.5. The van der Waals surface area contributed by atoms with Crippen LogP contribution in [0.2, 0.25) is 0 Å². The van der Waals surface area contributed by atoms with Crippen molar-refractivity contribution in [1.29, 1.82) is 0 Å². The minimum absolute atomic E-state index is 0.0235. The van der Waals surface area contributed by atoms with Crippen LogP contribution in [0.5, 0.6) is 5.75 Å². The summed E-state index contributed by atoms with van der Waals surface area (Å²) in [5.41, 5.74) is 0.290. The molecule has 0 bridgehead atoms. The lowest BCUT2D eigenvalue weighted by Gasteiger charge is -2.25. The summed E-state index contributed by atoms with van der Waals surface area (Å²) in [6, 6.07) is 7.27. The van der Waals surface area contributed by atoms with Crippen LogP contribution in [0.4, 0.5) is 0 Å². The quantitative estimate of drug-likeness (QED) is 0.795. The minimum atomic E-state index is -0.886. The molecule has 2 N–H and O–H groups in total. The van der Waals surface area contributed by atoms with Crippen molar-refractivity contribution in [2.24, 2.45) is 5.92 Å². The van der Waals surface area contributed by atoms with Gasteiger partial charge in [-0.25, -0.2) is 0 Å². The van der Waals surface area contributed by atoms with Gasteiger partial charge < -0.3 is 14.7 Å². The molecule has 3 rings (SSSR count). The van der Waals surface area contributed by atoms with Crippen LogP contribution in [-0.2, 0) is 4.79 Å². The molecule has 0 aromatic heterocycles. The van der Waals surface area contributed by atoms with Gasteiger partial charge in [0.05, 0.1) is 13.2 Å². The maximum absolute atomic E-state index is 12.6. The third-order valence-electron chi connectivity index (χ3n) is 4.71. The number of hydrogen-bond donors (Lipinski definition) is 2. The molecule has 1 aliphatic carbocycles. The fourth-order valence-electron chi connectivity index (χ4n) is 2.94. The first-order valence-electron chi connectivity index (χ1n) is 8.44. The largest absolute Gasteiger partial charge is 0.493 e. The first-order chi connectivity index (χ1) is 11.5. The lowest BCUT2D eigenvalue weighted by atomic mass is 10.0. The van der Waals surface area contributed by atoms with E-state index in [9.17, 15) is 9.59 Å². The number of aliphatic carboxylic acids is 1. The second-order valence-electron chi connectivity index (χ2n) is 7.06. The number of carboxylic acids is 1. The lowest BCUT2D eigenvalue weighted by Crippen LogP contribution is -2.47. The number of carboxylic acid groups (broad SMARTS) is 1. The Hall–Kier alpha value is -2.08. The maximum Gasteiger partial charge on any atom is 0.317 e. The van der Waals surface area contributed by atoms with E-state index in [4.69, 9.17) is 9.84 Å². The predicted molar refractivity (Wildman–Crippen MR) is 89.2 cm³/mol. The number of carbonyl (C=O) groups excluding carboxylic acids is 1. The Kier molecular flexibility index (Phi) is 4.76. The van der Waals surface area contributed by atoms with Crippen molar-refractivity contribution < 1.29 is 19.4 Å². The van der Waals surface area contributed by atoms with Crippen LogP contribution in [0.3, 0.4) is 0 Å². The van der Waals surface area contributed by atoms with Crippen LogP contribution >= 0.6 is 0 Å². The Morgan fingerprint density at radius 1 is 1.33 bits per heavy atom. The fourth-order valence-corrected chi connectivity index (χ4v) is 2.94. The number of carbonyl (C=O) groups is 2. The molecule has 1 saturated heterocycles. The molecule has 2 fully saturated rings. The molecular weight excluding hydrogens is 308 g/mol. The van der Waals surface area contributed by atoms with E-state index in [-0.39, 0.29) is 18.0 Å². The highest BCUT2D eigenvalue weighted by molar-refractivity contribution is 5.94. The monoisotopic (exact) mass is 332 g/mol. The van der Waals surface area contributed by atoms with E-state index in [1.54, 1.807) is 17.0 Å². The lowest BCUT2D eigenvalue weighted by molar-refractivity contribution is -0.136. The number of rotatable bonds is 7. The third kappa shape index (κ3) is 4.26. The highest BCUT2D eigenvalue weighted by Crippen LogP contribution is 2.29. The number of hydrogen-bond acceptors (Lipinski definition) is 4. The second-order valence-corrected chi connectivity index (χ2v) is 7.06. The van der Waals surface area contributed by atoms with Crippen molar-refractivity contribution in [1.82, 2.24) is 10.2 Å². The van der Waals surface area contributed by atoms with Crippen LogP contribution in [0.15, 0.2) is 24.3 Å². The van der Waals surface area contributed by atoms with Crippen molar-refractivity contribution in [3.8, 4) is 5.75 Å². The Balaban J connectivity index is 1.54. The van der Waals surface area contributed by atoms with Gasteiger partial charge in [0.25, 0.3) is 5.91 Å². The van der Waals surface area contributed by atoms with Gasteiger partial charge in [-0.05, 0) is 56.4 Å². The summed E-state index contributed by atoms with van der Waals surface area (Å²) in [6.45, 7) is 3.76. The van der Waals surface area contributed by atoms with Gasteiger partial charge >= 0.3 is 5.97 Å². The number of nitrogens with one attached hydrogen (secondary N) is 1. The van der Waals surface area contributed by atoms with Crippen LogP contribution in [-0.4, -0.2) is 53.7 Å². The van der Waals surface area contributed by atoms with Gasteiger partial charge in [0.15, 0.2) is 0 Å². The van der Waals surface area contributed by atoms with Gasteiger partial charge in [-0.3, -0.25) is 14.9 Å². The molecule has 1 amide bonds. The maximum atomic E-state index is 12.6. The summed E-state index contributed by atoms with van der Waals surface area (Å²) >= 11 is 0.